The number of hydrogen-bond acceptors (Lipinski definition) is 3. The van der Waals surface area contributed by atoms with E-state index in [1.165, 1.54) is 0 Å². The molecule has 0 saturated carbocycles. The van der Waals surface area contributed by atoms with Crippen LogP contribution in [0, 0.1) is 0 Å². The summed E-state index contributed by atoms with van der Waals surface area (Å²) in [6.45, 7) is 4.79. The minimum atomic E-state index is 0.419. The Morgan fingerprint density at radius 2 is 2.43 bits per heavy atom. The van der Waals surface area contributed by atoms with E-state index < -0.39 is 0 Å². The Balaban J connectivity index is 3.49. The molecule has 0 radical (unpaired) electrons. The molecule has 0 spiro atoms. The molecule has 0 saturated heterocycles. The summed E-state index contributed by atoms with van der Waals surface area (Å²) in [7, 11) is 0. The van der Waals surface area contributed by atoms with Crippen molar-refractivity contribution in [3.05, 3.63) is 0 Å². The smallest absolute Gasteiger partial charge is 0.166 e. The van der Waals surface area contributed by atoms with Gasteiger partial charge in [0.05, 0.1) is 0 Å². The van der Waals surface area contributed by atoms with Gasteiger partial charge in [-0.3, -0.25) is 0 Å². The molecule has 2 N–H and O–H groups in total. The minimum Gasteiger partial charge on any atom is -0.301 e. The molecule has 0 heterocycles. The predicted molar refractivity (Wildman–Crippen MR) is 27.9 cm³/mol. The van der Waals surface area contributed by atoms with Crippen LogP contribution in [-0.4, -0.2) is 12.6 Å². The summed E-state index contributed by atoms with van der Waals surface area (Å²) in [6.07, 6.45) is 0. The molecule has 0 aromatic heterocycles. The van der Waals surface area contributed by atoms with Crippen LogP contribution in [0.1, 0.15) is 6.92 Å². The number of hydrogen-bond donors (Lipinski definition) is 1. The topological polar surface area (TPSA) is 60.0 Å². The van der Waals surface area contributed by atoms with Crippen LogP contribution in [0.15, 0.2) is 10.1 Å². The number of nitrogens with two attached hydrogens (primary N) is 1. The lowest BCUT2D eigenvalue weighted by molar-refractivity contribution is 0.148. The van der Waals surface area contributed by atoms with E-state index in [1.54, 1.807) is 6.92 Å². The Morgan fingerprint density at radius 1 is 1.86 bits per heavy atom. The number of amidine groups is 1. The second kappa shape index (κ2) is 3.30. The molecule has 0 amide bonds. The van der Waals surface area contributed by atoms with E-state index in [2.05, 4.69) is 27.7 Å². The Hall–Kier alpha value is -0.900. The Labute approximate surface area is 41.6 Å². The van der Waals surface area contributed by atoms with E-state index in [-0.39, 0.29) is 0 Å². The fourth-order valence-electron chi connectivity index (χ4n) is 0.105. The van der Waals surface area contributed by atoms with Crippen LogP contribution in [0.3, 0.4) is 0 Å². The lowest BCUT2D eigenvalue weighted by Gasteiger charge is -1.83. The maximum atomic E-state index is 4.53. The maximum absolute atomic E-state index is 4.53. The van der Waals surface area contributed by atoms with Gasteiger partial charge in [0.25, 0.3) is 0 Å². The van der Waals surface area contributed by atoms with Gasteiger partial charge in [0, 0.05) is 0 Å². The summed E-state index contributed by atoms with van der Waals surface area (Å²) in [4.78, 5) is 7.22. The molecule has 40 valence electrons. The lowest BCUT2D eigenvalue weighted by Crippen LogP contribution is -1.93. The zero-order chi connectivity index (χ0) is 5.70. The molecule has 0 aliphatic rings. The van der Waals surface area contributed by atoms with Crippen molar-refractivity contribution in [1.29, 1.82) is 0 Å². The van der Waals surface area contributed by atoms with Gasteiger partial charge in [-0.25, -0.2) is 4.99 Å². The highest BCUT2D eigenvalue weighted by atomic mass is 16.7. The number of nitrogens with zero attached hydrogens (tertiary/aromatic N) is 2. The van der Waals surface area contributed by atoms with Gasteiger partial charge in [0.15, 0.2) is 5.84 Å². The first-order valence-corrected chi connectivity index (χ1v) is 1.68. The number of oxime groups is 1. The third kappa shape index (κ3) is 2.92. The van der Waals surface area contributed by atoms with Crippen molar-refractivity contribution in [3.8, 4) is 0 Å². The van der Waals surface area contributed by atoms with E-state index in [1.807, 2.05) is 0 Å². The molecule has 0 aliphatic heterocycles. The van der Waals surface area contributed by atoms with Gasteiger partial charge in [-0.1, -0.05) is 0 Å². The SMILES string of the molecule is C=N/C(C)=N\ON. The molecule has 0 aromatic carbocycles. The van der Waals surface area contributed by atoms with E-state index in [0.717, 1.165) is 0 Å². The maximum Gasteiger partial charge on any atom is 0.166 e. The molecule has 0 rings (SSSR count). The fraction of sp³-hybridized carbons (Fsp3) is 0.333. The van der Waals surface area contributed by atoms with Crippen molar-refractivity contribution in [1.82, 2.24) is 0 Å². The lowest BCUT2D eigenvalue weighted by atomic mass is 10.7. The molecule has 0 bridgehead atoms. The highest BCUT2D eigenvalue weighted by molar-refractivity contribution is 5.83. The quantitative estimate of drug-likeness (QED) is 0.285. The van der Waals surface area contributed by atoms with Crippen LogP contribution in [0.25, 0.3) is 0 Å². The van der Waals surface area contributed by atoms with Crippen molar-refractivity contribution >= 4 is 12.6 Å². The van der Waals surface area contributed by atoms with E-state index in [9.17, 15) is 0 Å². The zero-order valence-corrected chi connectivity index (χ0v) is 4.09. The summed E-state index contributed by atoms with van der Waals surface area (Å²) in [5.41, 5.74) is 0. The molecule has 0 unspecified atom stereocenters. The summed E-state index contributed by atoms with van der Waals surface area (Å²) >= 11 is 0. The first kappa shape index (κ1) is 6.10. The molecular formula is C3H7N3O. The van der Waals surface area contributed by atoms with Crippen LogP contribution < -0.4 is 5.90 Å². The third-order valence-corrected chi connectivity index (χ3v) is 0.414. The predicted octanol–water partition coefficient (Wildman–Crippen LogP) is -0.0893. The van der Waals surface area contributed by atoms with Gasteiger partial charge in [0.1, 0.15) is 0 Å². The van der Waals surface area contributed by atoms with Gasteiger partial charge in [-0.2, -0.15) is 0 Å². The minimum absolute atomic E-state index is 0.419. The second-order valence-corrected chi connectivity index (χ2v) is 0.902. The zero-order valence-electron chi connectivity index (χ0n) is 4.09. The largest absolute Gasteiger partial charge is 0.301 e. The normalized spacial score (nSPS) is 10.9. The van der Waals surface area contributed by atoms with E-state index >= 15 is 0 Å². The van der Waals surface area contributed by atoms with Gasteiger partial charge >= 0.3 is 0 Å². The Morgan fingerprint density at radius 3 is 2.57 bits per heavy atom. The average molecular weight is 101 g/mol. The summed E-state index contributed by atoms with van der Waals surface area (Å²) in [5.74, 6) is 4.95. The average Bonchev–Trinajstić information content (AvgIpc) is 1.68. The molecular weight excluding hydrogens is 94.1 g/mol. The molecule has 0 fully saturated rings. The Bertz CT molecular complexity index is 88.2. The third-order valence-electron chi connectivity index (χ3n) is 0.414. The van der Waals surface area contributed by atoms with E-state index in [4.69, 9.17) is 0 Å². The second-order valence-electron chi connectivity index (χ2n) is 0.902. The molecule has 4 nitrogen and oxygen atoms in total. The summed E-state index contributed by atoms with van der Waals surface area (Å²) < 4.78 is 0. The molecule has 7 heavy (non-hydrogen) atoms. The van der Waals surface area contributed by atoms with Gasteiger partial charge in [-0.15, -0.1) is 5.90 Å². The van der Waals surface area contributed by atoms with Crippen molar-refractivity contribution < 1.29 is 4.94 Å². The Kier molecular flexibility index (Phi) is 2.87. The summed E-state index contributed by atoms with van der Waals surface area (Å²) in [6, 6.07) is 0. The van der Waals surface area contributed by atoms with Gasteiger partial charge in [0.2, 0.25) is 0 Å². The van der Waals surface area contributed by atoms with Gasteiger partial charge in [-0.05, 0) is 18.8 Å². The first-order valence-electron chi connectivity index (χ1n) is 1.68. The molecule has 4 heteroatoms. The van der Waals surface area contributed by atoms with Crippen molar-refractivity contribution in [3.63, 3.8) is 0 Å². The van der Waals surface area contributed by atoms with Crippen molar-refractivity contribution in [2.45, 2.75) is 6.92 Å². The van der Waals surface area contributed by atoms with Crippen LogP contribution in [0.4, 0.5) is 0 Å². The van der Waals surface area contributed by atoms with E-state index in [0.29, 0.717) is 5.84 Å². The molecule has 0 aromatic rings. The van der Waals surface area contributed by atoms with Gasteiger partial charge < -0.3 is 4.94 Å². The highest BCUT2D eigenvalue weighted by Gasteiger charge is 1.76. The number of rotatable bonds is 1. The van der Waals surface area contributed by atoms with Crippen molar-refractivity contribution in [2.75, 3.05) is 0 Å². The highest BCUT2D eigenvalue weighted by Crippen LogP contribution is 1.73. The van der Waals surface area contributed by atoms with Crippen molar-refractivity contribution in [2.24, 2.45) is 16.0 Å². The fourth-order valence-corrected chi connectivity index (χ4v) is 0.105. The van der Waals surface area contributed by atoms with Crippen LogP contribution in [0.2, 0.25) is 0 Å². The number of aliphatic imine (C=N–C) groups is 1. The standard InChI is InChI=1S/C3H7N3O/c1-3(5-2)6-7-4/h2,4H2,1H3/b6-3-. The molecule has 0 atom stereocenters. The summed E-state index contributed by atoms with van der Waals surface area (Å²) in [5, 5.41) is 3.21. The van der Waals surface area contributed by atoms with Crippen LogP contribution in [0.5, 0.6) is 0 Å². The monoisotopic (exact) mass is 101 g/mol. The molecule has 0 aliphatic carbocycles. The first-order chi connectivity index (χ1) is 3.31. The van der Waals surface area contributed by atoms with Crippen LogP contribution >= 0.6 is 0 Å². The van der Waals surface area contributed by atoms with Crippen LogP contribution in [-0.2, 0) is 4.94 Å².